The van der Waals surface area contributed by atoms with Crippen molar-refractivity contribution < 1.29 is 31.1 Å². The van der Waals surface area contributed by atoms with Gasteiger partial charge in [0.15, 0.2) is 0 Å². The molecule has 0 aliphatic heterocycles. The molecule has 0 bridgehead atoms. The summed E-state index contributed by atoms with van der Waals surface area (Å²) in [4.78, 5) is 0. The molecule has 2 aliphatic rings. The maximum absolute atomic E-state index is 13.4. The Kier molecular flexibility index (Phi) is 8.21. The Morgan fingerprint density at radius 2 is 1.41 bits per heavy atom. The number of alkyl halides is 6. The fraction of sp³-hybridized carbons (Fsp3) is 0.680. The molecule has 1 atom stereocenters. The van der Waals surface area contributed by atoms with Gasteiger partial charge >= 0.3 is 12.3 Å². The van der Waals surface area contributed by atoms with Crippen LogP contribution in [0.15, 0.2) is 30.3 Å². The van der Waals surface area contributed by atoms with E-state index in [4.69, 9.17) is 0 Å². The lowest BCUT2D eigenvalue weighted by atomic mass is 9.69. The summed E-state index contributed by atoms with van der Waals surface area (Å²) in [6, 6.07) is 5.20. The molecule has 1 nitrogen and oxygen atoms in total. The van der Waals surface area contributed by atoms with Crippen molar-refractivity contribution in [2.24, 2.45) is 23.7 Å². The van der Waals surface area contributed by atoms with Crippen molar-refractivity contribution in [1.29, 1.82) is 0 Å². The third-order valence-electron chi connectivity index (χ3n) is 7.23. The molecule has 0 heterocycles. The molecule has 3 rings (SSSR count). The van der Waals surface area contributed by atoms with E-state index in [-0.39, 0.29) is 0 Å². The third-order valence-corrected chi connectivity index (χ3v) is 7.23. The zero-order valence-electron chi connectivity index (χ0n) is 18.4. The highest BCUT2D eigenvalue weighted by molar-refractivity contribution is 5.50. The molecule has 0 aromatic heterocycles. The lowest BCUT2D eigenvalue weighted by Gasteiger charge is -2.37. The number of hydrogen-bond donors (Lipinski definition) is 0. The molecule has 180 valence electrons. The van der Waals surface area contributed by atoms with Gasteiger partial charge in [-0.25, -0.2) is 4.39 Å². The van der Waals surface area contributed by atoms with Gasteiger partial charge in [-0.05, 0) is 79.9 Å². The van der Waals surface area contributed by atoms with E-state index in [1.165, 1.54) is 57.1 Å². The number of ether oxygens (including phenoxy) is 1. The van der Waals surface area contributed by atoms with Crippen LogP contribution >= 0.6 is 0 Å². The molecular formula is C25H32F6O. The zero-order chi connectivity index (χ0) is 23.4. The summed E-state index contributed by atoms with van der Waals surface area (Å²) in [5.41, 5.74) is 0.730. The number of halogens is 6. The summed E-state index contributed by atoms with van der Waals surface area (Å²) in [6.07, 6.45) is 0.470. The lowest BCUT2D eigenvalue weighted by molar-refractivity contribution is -0.304. The Morgan fingerprint density at radius 1 is 0.875 bits per heavy atom. The van der Waals surface area contributed by atoms with Gasteiger partial charge in [-0.3, -0.25) is 0 Å². The van der Waals surface area contributed by atoms with Crippen molar-refractivity contribution in [2.75, 3.05) is 0 Å². The van der Waals surface area contributed by atoms with Crippen molar-refractivity contribution in [3.8, 4) is 5.75 Å². The van der Waals surface area contributed by atoms with Gasteiger partial charge in [-0.1, -0.05) is 50.5 Å². The Morgan fingerprint density at radius 3 is 1.91 bits per heavy atom. The maximum atomic E-state index is 13.4. The van der Waals surface area contributed by atoms with Crippen LogP contribution in [0.5, 0.6) is 5.75 Å². The first kappa shape index (κ1) is 25.0. The lowest BCUT2D eigenvalue weighted by Crippen LogP contribution is -2.45. The quantitative estimate of drug-likeness (QED) is 0.369. The van der Waals surface area contributed by atoms with Crippen LogP contribution in [0.25, 0.3) is 6.08 Å². The van der Waals surface area contributed by atoms with E-state index in [0.29, 0.717) is 5.92 Å². The first-order valence-electron chi connectivity index (χ1n) is 11.6. The van der Waals surface area contributed by atoms with Gasteiger partial charge in [0.25, 0.3) is 6.17 Å². The normalized spacial score (nSPS) is 28.6. The van der Waals surface area contributed by atoms with Crippen molar-refractivity contribution in [2.45, 2.75) is 83.2 Å². The molecule has 1 unspecified atom stereocenters. The molecular weight excluding hydrogens is 430 g/mol. The van der Waals surface area contributed by atoms with E-state index in [2.05, 4.69) is 17.7 Å². The second kappa shape index (κ2) is 10.5. The summed E-state index contributed by atoms with van der Waals surface area (Å²) in [5, 5.41) is 0. The van der Waals surface area contributed by atoms with E-state index in [9.17, 15) is 26.3 Å². The predicted octanol–water partition coefficient (Wildman–Crippen LogP) is 8.59. The maximum Gasteiger partial charge on any atom is 0.439 e. The van der Waals surface area contributed by atoms with Crippen LogP contribution in [-0.2, 0) is 0 Å². The molecule has 2 aliphatic carbocycles. The largest absolute Gasteiger partial charge is 0.439 e. The van der Waals surface area contributed by atoms with Gasteiger partial charge < -0.3 is 4.74 Å². The summed E-state index contributed by atoms with van der Waals surface area (Å²) in [7, 11) is 0. The minimum absolute atomic E-state index is 0.470. The predicted molar refractivity (Wildman–Crippen MR) is 113 cm³/mol. The molecule has 2 saturated carbocycles. The fourth-order valence-electron chi connectivity index (χ4n) is 5.17. The van der Waals surface area contributed by atoms with Crippen LogP contribution in [-0.4, -0.2) is 18.5 Å². The number of benzene rings is 1. The molecule has 2 fully saturated rings. The molecule has 1 aromatic carbocycles. The summed E-state index contributed by atoms with van der Waals surface area (Å²) >= 11 is 0. The summed E-state index contributed by atoms with van der Waals surface area (Å²) in [6.45, 7) is 2.28. The minimum Gasteiger partial charge on any atom is -0.430 e. The van der Waals surface area contributed by atoms with Crippen LogP contribution < -0.4 is 4.74 Å². The van der Waals surface area contributed by atoms with E-state index < -0.39 is 24.2 Å². The highest BCUT2D eigenvalue weighted by Gasteiger charge is 2.59. The monoisotopic (exact) mass is 462 g/mol. The molecule has 0 spiro atoms. The molecule has 7 heteroatoms. The third kappa shape index (κ3) is 6.67. The van der Waals surface area contributed by atoms with E-state index in [0.717, 1.165) is 48.3 Å². The van der Waals surface area contributed by atoms with Crippen LogP contribution in [0.3, 0.4) is 0 Å². The van der Waals surface area contributed by atoms with Crippen molar-refractivity contribution in [3.05, 3.63) is 35.9 Å². The van der Waals surface area contributed by atoms with E-state index >= 15 is 0 Å². The average molecular weight is 463 g/mol. The van der Waals surface area contributed by atoms with Gasteiger partial charge in [-0.2, -0.15) is 22.0 Å². The smallest absolute Gasteiger partial charge is 0.430 e. The molecule has 0 N–H and O–H groups in total. The van der Waals surface area contributed by atoms with Gasteiger partial charge in [0.05, 0.1) is 0 Å². The van der Waals surface area contributed by atoms with Gasteiger partial charge in [0, 0.05) is 0 Å². The van der Waals surface area contributed by atoms with Crippen molar-refractivity contribution in [1.82, 2.24) is 0 Å². The van der Waals surface area contributed by atoms with Crippen molar-refractivity contribution in [3.63, 3.8) is 0 Å². The highest BCUT2D eigenvalue weighted by atomic mass is 19.4. The molecule has 32 heavy (non-hydrogen) atoms. The molecule has 0 saturated heterocycles. The van der Waals surface area contributed by atoms with Crippen LogP contribution in [0.2, 0.25) is 0 Å². The standard InChI is InChI=1S/C25H32F6O/c1-2-17-5-11-20(12-6-17)21-13-7-18(8-14-21)3-4-19-9-15-22(16-10-19)32-25(30,31)23(26)24(27,28)29/h3-4,9-10,15-18,20-21,23H,2,5-8,11-14H2,1H3/b4-3+. The Hall–Kier alpha value is -1.66. The van der Waals surface area contributed by atoms with Crippen molar-refractivity contribution >= 4 is 6.08 Å². The zero-order valence-corrected chi connectivity index (χ0v) is 18.4. The van der Waals surface area contributed by atoms with Gasteiger partial charge in [0.1, 0.15) is 5.75 Å². The fourth-order valence-corrected chi connectivity index (χ4v) is 5.17. The number of allylic oxidation sites excluding steroid dienone is 1. The van der Waals surface area contributed by atoms with Crippen LogP contribution in [0.1, 0.15) is 70.3 Å². The number of rotatable bonds is 7. The second-order valence-corrected chi connectivity index (χ2v) is 9.36. The van der Waals surface area contributed by atoms with Crippen LogP contribution in [0, 0.1) is 23.7 Å². The number of hydrogen-bond acceptors (Lipinski definition) is 1. The van der Waals surface area contributed by atoms with Gasteiger partial charge in [-0.15, -0.1) is 0 Å². The average Bonchev–Trinajstić information content (AvgIpc) is 2.78. The molecule has 0 radical (unpaired) electrons. The Bertz CT molecular complexity index is 726. The molecule has 0 amide bonds. The second-order valence-electron chi connectivity index (χ2n) is 9.36. The summed E-state index contributed by atoms with van der Waals surface area (Å²) < 4.78 is 80.3. The molecule has 1 aromatic rings. The first-order valence-corrected chi connectivity index (χ1v) is 11.6. The van der Waals surface area contributed by atoms with Crippen LogP contribution in [0.4, 0.5) is 26.3 Å². The topological polar surface area (TPSA) is 9.23 Å². The SMILES string of the molecule is CCC1CCC(C2CCC(/C=C/c3ccc(OC(F)(F)C(F)C(F)(F)F)cc3)CC2)CC1. The summed E-state index contributed by atoms with van der Waals surface area (Å²) in [5.74, 6) is 2.56. The Labute approximate surface area is 186 Å². The Balaban J connectivity index is 1.46. The van der Waals surface area contributed by atoms with E-state index in [1.54, 1.807) is 0 Å². The minimum atomic E-state index is -5.69. The highest BCUT2D eigenvalue weighted by Crippen LogP contribution is 2.42. The van der Waals surface area contributed by atoms with E-state index in [1.807, 2.05) is 6.08 Å². The van der Waals surface area contributed by atoms with Gasteiger partial charge in [0.2, 0.25) is 0 Å². The first-order chi connectivity index (χ1) is 15.1.